The number of carbonyl (C=O) groups excluding carboxylic acids is 2. The molecule has 7 nitrogen and oxygen atoms in total. The first-order valence-corrected chi connectivity index (χ1v) is 11.5. The lowest BCUT2D eigenvalue weighted by atomic mass is 9.62. The number of likely N-dealkylation sites (tertiary alicyclic amines) is 1. The summed E-state index contributed by atoms with van der Waals surface area (Å²) in [6.07, 6.45) is 5.09. The van der Waals surface area contributed by atoms with Crippen molar-refractivity contribution >= 4 is 23.5 Å². The van der Waals surface area contributed by atoms with Gasteiger partial charge in [-0.05, 0) is 60.2 Å². The molecule has 0 saturated carbocycles. The summed E-state index contributed by atoms with van der Waals surface area (Å²) in [5.74, 6) is 0.193. The summed E-state index contributed by atoms with van der Waals surface area (Å²) in [5, 5.41) is 6.06. The lowest BCUT2D eigenvalue weighted by Crippen LogP contribution is -2.52. The SMILES string of the molecule is O=C1CC2(CCN(C(=O)c3cccc(Nc4ncccn4)c3)CC2)[C@H](c2cccc(F)c2)CN1. The fraction of sp³-hybridized carbons (Fsp3) is 0.308. The molecule has 2 fully saturated rings. The predicted molar refractivity (Wildman–Crippen MR) is 126 cm³/mol. The molecule has 2 amide bonds. The molecule has 2 saturated heterocycles. The average molecular weight is 460 g/mol. The predicted octanol–water partition coefficient (Wildman–Crippen LogP) is 3.89. The van der Waals surface area contributed by atoms with Gasteiger partial charge in [0.05, 0.1) is 0 Å². The van der Waals surface area contributed by atoms with Crippen LogP contribution in [-0.4, -0.2) is 46.3 Å². The second-order valence-corrected chi connectivity index (χ2v) is 9.02. The van der Waals surface area contributed by atoms with Gasteiger partial charge in [-0.25, -0.2) is 14.4 Å². The van der Waals surface area contributed by atoms with Crippen molar-refractivity contribution in [3.8, 4) is 0 Å². The van der Waals surface area contributed by atoms with Crippen LogP contribution in [0, 0.1) is 11.2 Å². The standard InChI is InChI=1S/C26H26FN5O2/c27-20-6-1-4-18(14-20)22-17-30-23(33)16-26(22)8-12-32(13-9-26)24(34)19-5-2-7-21(15-19)31-25-28-10-3-11-29-25/h1-7,10-11,14-15,22H,8-9,12-13,16-17H2,(H,30,33)(H,28,29,31)/t22-/m0/s1. The molecule has 2 aliphatic heterocycles. The van der Waals surface area contributed by atoms with E-state index >= 15 is 0 Å². The van der Waals surface area contributed by atoms with Crippen molar-refractivity contribution < 1.29 is 14.0 Å². The number of nitrogens with zero attached hydrogens (tertiary/aromatic N) is 3. The molecule has 1 spiro atoms. The highest BCUT2D eigenvalue weighted by Gasteiger charge is 2.46. The van der Waals surface area contributed by atoms with E-state index in [1.807, 2.05) is 23.1 Å². The van der Waals surface area contributed by atoms with Gasteiger partial charge in [0, 0.05) is 55.6 Å². The van der Waals surface area contributed by atoms with E-state index in [4.69, 9.17) is 0 Å². The molecule has 0 unspecified atom stereocenters. The number of amides is 2. The Kier molecular flexibility index (Phi) is 5.96. The Morgan fingerprint density at radius 3 is 2.59 bits per heavy atom. The number of rotatable bonds is 4. The van der Waals surface area contributed by atoms with Crippen molar-refractivity contribution in [1.29, 1.82) is 0 Å². The van der Waals surface area contributed by atoms with E-state index in [9.17, 15) is 14.0 Å². The molecule has 3 aromatic rings. The summed E-state index contributed by atoms with van der Waals surface area (Å²) in [5.41, 5.74) is 1.95. The van der Waals surface area contributed by atoms with Gasteiger partial charge in [0.2, 0.25) is 11.9 Å². The number of aromatic nitrogens is 2. The molecule has 2 N–H and O–H groups in total. The van der Waals surface area contributed by atoms with Crippen LogP contribution < -0.4 is 10.6 Å². The average Bonchev–Trinajstić information content (AvgIpc) is 2.85. The topological polar surface area (TPSA) is 87.2 Å². The van der Waals surface area contributed by atoms with E-state index in [0.717, 1.165) is 11.3 Å². The second-order valence-electron chi connectivity index (χ2n) is 9.02. The van der Waals surface area contributed by atoms with Gasteiger partial charge in [-0.15, -0.1) is 0 Å². The molecular weight excluding hydrogens is 433 g/mol. The van der Waals surface area contributed by atoms with Crippen LogP contribution in [0.5, 0.6) is 0 Å². The molecule has 0 radical (unpaired) electrons. The summed E-state index contributed by atoms with van der Waals surface area (Å²) in [6.45, 7) is 1.60. The van der Waals surface area contributed by atoms with Crippen LogP contribution in [0.15, 0.2) is 67.0 Å². The van der Waals surface area contributed by atoms with Crippen LogP contribution in [-0.2, 0) is 4.79 Å². The monoisotopic (exact) mass is 459 g/mol. The van der Waals surface area contributed by atoms with Crippen molar-refractivity contribution in [2.24, 2.45) is 5.41 Å². The Bertz CT molecular complexity index is 1190. The molecule has 34 heavy (non-hydrogen) atoms. The fourth-order valence-corrected chi connectivity index (χ4v) is 5.22. The highest BCUT2D eigenvalue weighted by Crippen LogP contribution is 2.49. The number of hydrogen-bond acceptors (Lipinski definition) is 5. The molecule has 0 aliphatic carbocycles. The van der Waals surface area contributed by atoms with E-state index in [0.29, 0.717) is 50.4 Å². The van der Waals surface area contributed by atoms with Crippen molar-refractivity contribution in [1.82, 2.24) is 20.2 Å². The van der Waals surface area contributed by atoms with Crippen LogP contribution in [0.3, 0.4) is 0 Å². The third kappa shape index (κ3) is 4.48. The normalized spacial score (nSPS) is 19.5. The minimum atomic E-state index is -0.277. The van der Waals surface area contributed by atoms with Crippen LogP contribution in [0.25, 0.3) is 0 Å². The van der Waals surface area contributed by atoms with Gasteiger partial charge >= 0.3 is 0 Å². The Labute approximate surface area is 197 Å². The highest BCUT2D eigenvalue weighted by atomic mass is 19.1. The number of carbonyl (C=O) groups is 2. The third-order valence-corrected chi connectivity index (χ3v) is 6.98. The van der Waals surface area contributed by atoms with Crippen molar-refractivity contribution in [2.45, 2.75) is 25.2 Å². The smallest absolute Gasteiger partial charge is 0.253 e. The van der Waals surface area contributed by atoms with Gasteiger partial charge in [-0.2, -0.15) is 0 Å². The summed E-state index contributed by atoms with van der Waals surface area (Å²) in [7, 11) is 0. The summed E-state index contributed by atoms with van der Waals surface area (Å²) < 4.78 is 13.9. The highest BCUT2D eigenvalue weighted by molar-refractivity contribution is 5.95. The summed E-state index contributed by atoms with van der Waals surface area (Å²) in [6, 6.07) is 15.7. The van der Waals surface area contributed by atoms with Gasteiger partial charge < -0.3 is 15.5 Å². The van der Waals surface area contributed by atoms with E-state index < -0.39 is 0 Å². The van der Waals surface area contributed by atoms with Crippen molar-refractivity contribution in [3.05, 3.63) is 83.9 Å². The molecule has 1 atom stereocenters. The first-order valence-electron chi connectivity index (χ1n) is 11.5. The zero-order valence-corrected chi connectivity index (χ0v) is 18.7. The van der Waals surface area contributed by atoms with Crippen LogP contribution in [0.4, 0.5) is 16.0 Å². The van der Waals surface area contributed by atoms with E-state index in [-0.39, 0.29) is 29.0 Å². The van der Waals surface area contributed by atoms with Gasteiger partial charge in [0.25, 0.3) is 5.91 Å². The quantitative estimate of drug-likeness (QED) is 0.618. The van der Waals surface area contributed by atoms with E-state index in [1.165, 1.54) is 6.07 Å². The van der Waals surface area contributed by atoms with E-state index in [2.05, 4.69) is 20.6 Å². The third-order valence-electron chi connectivity index (χ3n) is 6.98. The number of benzene rings is 2. The number of hydrogen-bond donors (Lipinski definition) is 2. The van der Waals surface area contributed by atoms with E-state index in [1.54, 1.807) is 42.7 Å². The van der Waals surface area contributed by atoms with Gasteiger partial charge in [0.15, 0.2) is 0 Å². The first-order chi connectivity index (χ1) is 16.5. The lowest BCUT2D eigenvalue weighted by molar-refractivity contribution is -0.127. The van der Waals surface area contributed by atoms with Crippen molar-refractivity contribution in [2.75, 3.05) is 25.0 Å². The molecule has 2 aromatic carbocycles. The number of halogens is 1. The lowest BCUT2D eigenvalue weighted by Gasteiger charge is -2.49. The zero-order chi connectivity index (χ0) is 23.5. The van der Waals surface area contributed by atoms with Crippen LogP contribution in [0.1, 0.15) is 41.1 Å². The maximum Gasteiger partial charge on any atom is 0.253 e. The van der Waals surface area contributed by atoms with Crippen molar-refractivity contribution in [3.63, 3.8) is 0 Å². The van der Waals surface area contributed by atoms with Gasteiger partial charge in [-0.1, -0.05) is 18.2 Å². The second kappa shape index (κ2) is 9.21. The molecule has 3 heterocycles. The van der Waals surface area contributed by atoms with Crippen LogP contribution >= 0.6 is 0 Å². The molecule has 0 bridgehead atoms. The Hall–Kier alpha value is -3.81. The fourth-order valence-electron chi connectivity index (χ4n) is 5.22. The molecule has 5 rings (SSSR count). The first kappa shape index (κ1) is 22.0. The zero-order valence-electron chi connectivity index (χ0n) is 18.7. The van der Waals surface area contributed by atoms with Gasteiger partial charge in [-0.3, -0.25) is 9.59 Å². The Morgan fingerprint density at radius 2 is 1.82 bits per heavy atom. The largest absolute Gasteiger partial charge is 0.355 e. The Morgan fingerprint density at radius 1 is 1.06 bits per heavy atom. The van der Waals surface area contributed by atoms with Gasteiger partial charge in [0.1, 0.15) is 5.82 Å². The number of nitrogens with one attached hydrogen (secondary N) is 2. The number of piperidine rings is 2. The molecule has 2 aliphatic rings. The molecule has 8 heteroatoms. The maximum atomic E-state index is 13.9. The minimum absolute atomic E-state index is 0.0225. The molecular formula is C26H26FN5O2. The minimum Gasteiger partial charge on any atom is -0.355 e. The molecule has 174 valence electrons. The summed E-state index contributed by atoms with van der Waals surface area (Å²) >= 11 is 0. The van der Waals surface area contributed by atoms with Crippen LogP contribution in [0.2, 0.25) is 0 Å². The maximum absolute atomic E-state index is 13.9. The molecule has 1 aromatic heterocycles. The number of anilines is 2. The summed E-state index contributed by atoms with van der Waals surface area (Å²) in [4.78, 5) is 35.8. The Balaban J connectivity index is 1.30.